The first-order chi connectivity index (χ1) is 8.97. The number of hydrogen-bond donors (Lipinski definition) is 1. The molecule has 0 spiro atoms. The van der Waals surface area contributed by atoms with E-state index in [4.69, 9.17) is 10.5 Å². The molecule has 0 aliphatic carbocycles. The molecule has 0 bridgehead atoms. The molecule has 0 aromatic heterocycles. The smallest absolute Gasteiger partial charge is 0.167 e. The van der Waals surface area contributed by atoms with Crippen molar-refractivity contribution < 1.29 is 17.9 Å². The summed E-state index contributed by atoms with van der Waals surface area (Å²) in [7, 11) is 0. The van der Waals surface area contributed by atoms with Crippen LogP contribution < -0.4 is 10.5 Å². The molecule has 0 saturated carbocycles. The molecule has 5 heteroatoms. The Bertz CT molecular complexity index is 614. The van der Waals surface area contributed by atoms with Gasteiger partial charge in [-0.25, -0.2) is 13.2 Å². The standard InChI is InChI=1S/C14H12F3NO/c1-8-4-14(12(17)6-13(8)18)19-7-9-5-10(15)2-3-11(9)16/h2-6H,7,18H2,1H3. The number of nitrogens with two attached hydrogens (primary N) is 1. The molecule has 0 heterocycles. The van der Waals surface area contributed by atoms with Gasteiger partial charge in [-0.1, -0.05) is 0 Å². The minimum Gasteiger partial charge on any atom is -0.486 e. The highest BCUT2D eigenvalue weighted by atomic mass is 19.1. The third kappa shape index (κ3) is 2.99. The van der Waals surface area contributed by atoms with E-state index in [0.29, 0.717) is 11.3 Å². The van der Waals surface area contributed by atoms with Crippen molar-refractivity contribution in [1.82, 2.24) is 0 Å². The first-order valence-electron chi connectivity index (χ1n) is 5.59. The molecule has 0 amide bonds. The summed E-state index contributed by atoms with van der Waals surface area (Å²) in [5.41, 5.74) is 6.51. The predicted molar refractivity (Wildman–Crippen MR) is 66.2 cm³/mol. The van der Waals surface area contributed by atoms with Crippen molar-refractivity contribution in [3.63, 3.8) is 0 Å². The fourth-order valence-corrected chi connectivity index (χ4v) is 1.59. The number of aryl methyl sites for hydroxylation is 1. The van der Waals surface area contributed by atoms with Gasteiger partial charge >= 0.3 is 0 Å². The fourth-order valence-electron chi connectivity index (χ4n) is 1.59. The summed E-state index contributed by atoms with van der Waals surface area (Å²) in [5.74, 6) is -1.86. The van der Waals surface area contributed by atoms with Crippen molar-refractivity contribution >= 4 is 5.69 Å². The quantitative estimate of drug-likeness (QED) is 0.863. The summed E-state index contributed by atoms with van der Waals surface area (Å²) in [4.78, 5) is 0. The number of nitrogen functional groups attached to an aromatic ring is 1. The van der Waals surface area contributed by atoms with Gasteiger partial charge in [-0.3, -0.25) is 0 Å². The van der Waals surface area contributed by atoms with Crippen LogP contribution in [0.4, 0.5) is 18.9 Å². The molecule has 2 N–H and O–H groups in total. The van der Waals surface area contributed by atoms with E-state index in [9.17, 15) is 13.2 Å². The lowest BCUT2D eigenvalue weighted by atomic mass is 10.2. The van der Waals surface area contributed by atoms with E-state index in [0.717, 1.165) is 24.3 Å². The van der Waals surface area contributed by atoms with Crippen LogP contribution in [0.15, 0.2) is 30.3 Å². The summed E-state index contributed by atoms with van der Waals surface area (Å²) in [6, 6.07) is 5.57. The number of hydrogen-bond acceptors (Lipinski definition) is 2. The zero-order chi connectivity index (χ0) is 14.0. The highest BCUT2D eigenvalue weighted by molar-refractivity contribution is 5.50. The van der Waals surface area contributed by atoms with Gasteiger partial charge in [-0.2, -0.15) is 0 Å². The molecule has 2 aromatic carbocycles. The molecular weight excluding hydrogens is 255 g/mol. The lowest BCUT2D eigenvalue weighted by molar-refractivity contribution is 0.284. The van der Waals surface area contributed by atoms with Gasteiger partial charge in [0.05, 0.1) is 0 Å². The van der Waals surface area contributed by atoms with Gasteiger partial charge in [0, 0.05) is 17.3 Å². The fraction of sp³-hybridized carbons (Fsp3) is 0.143. The van der Waals surface area contributed by atoms with Crippen LogP contribution in [0.1, 0.15) is 11.1 Å². The highest BCUT2D eigenvalue weighted by Crippen LogP contribution is 2.24. The second-order valence-electron chi connectivity index (χ2n) is 4.16. The Morgan fingerprint density at radius 1 is 1.05 bits per heavy atom. The molecule has 2 aromatic rings. The third-order valence-electron chi connectivity index (χ3n) is 2.71. The van der Waals surface area contributed by atoms with Gasteiger partial charge in [0.2, 0.25) is 0 Å². The molecule has 0 fully saturated rings. The molecule has 0 aliphatic heterocycles. The average molecular weight is 267 g/mol. The van der Waals surface area contributed by atoms with Crippen LogP contribution in [-0.2, 0) is 6.61 Å². The normalized spacial score (nSPS) is 10.5. The Kier molecular flexibility index (Phi) is 3.64. The van der Waals surface area contributed by atoms with Crippen LogP contribution >= 0.6 is 0 Å². The lowest BCUT2D eigenvalue weighted by Crippen LogP contribution is -2.02. The van der Waals surface area contributed by atoms with Crippen molar-refractivity contribution in [3.05, 3.63) is 58.9 Å². The Hall–Kier alpha value is -2.17. The molecule has 2 nitrogen and oxygen atoms in total. The van der Waals surface area contributed by atoms with Crippen molar-refractivity contribution in [2.24, 2.45) is 0 Å². The van der Waals surface area contributed by atoms with E-state index in [-0.39, 0.29) is 17.9 Å². The summed E-state index contributed by atoms with van der Waals surface area (Å²) >= 11 is 0. The van der Waals surface area contributed by atoms with Gasteiger partial charge in [-0.05, 0) is 36.8 Å². The zero-order valence-electron chi connectivity index (χ0n) is 10.2. The van der Waals surface area contributed by atoms with Gasteiger partial charge < -0.3 is 10.5 Å². The molecule has 0 radical (unpaired) electrons. The number of halogens is 3. The molecule has 19 heavy (non-hydrogen) atoms. The van der Waals surface area contributed by atoms with Crippen molar-refractivity contribution in [3.8, 4) is 5.75 Å². The summed E-state index contributed by atoms with van der Waals surface area (Å²) < 4.78 is 45.0. The van der Waals surface area contributed by atoms with Crippen LogP contribution in [0.25, 0.3) is 0 Å². The SMILES string of the molecule is Cc1cc(OCc2cc(F)ccc2F)c(F)cc1N. The van der Waals surface area contributed by atoms with E-state index >= 15 is 0 Å². The predicted octanol–water partition coefficient (Wildman–Crippen LogP) is 3.57. The Morgan fingerprint density at radius 3 is 2.53 bits per heavy atom. The number of ether oxygens (including phenoxy) is 1. The number of rotatable bonds is 3. The van der Waals surface area contributed by atoms with Crippen molar-refractivity contribution in [2.45, 2.75) is 13.5 Å². The largest absolute Gasteiger partial charge is 0.486 e. The van der Waals surface area contributed by atoms with Crippen LogP contribution in [0.3, 0.4) is 0 Å². The van der Waals surface area contributed by atoms with Crippen LogP contribution in [-0.4, -0.2) is 0 Å². The van der Waals surface area contributed by atoms with Crippen LogP contribution in [0, 0.1) is 24.4 Å². The van der Waals surface area contributed by atoms with Gasteiger partial charge in [-0.15, -0.1) is 0 Å². The van der Waals surface area contributed by atoms with E-state index in [1.165, 1.54) is 6.07 Å². The minimum atomic E-state index is -0.639. The van der Waals surface area contributed by atoms with E-state index in [1.807, 2.05) is 0 Å². The van der Waals surface area contributed by atoms with Gasteiger partial charge in [0.15, 0.2) is 11.6 Å². The van der Waals surface area contributed by atoms with Crippen molar-refractivity contribution in [1.29, 1.82) is 0 Å². The average Bonchev–Trinajstić information content (AvgIpc) is 2.36. The Morgan fingerprint density at radius 2 is 1.79 bits per heavy atom. The molecular formula is C14H12F3NO. The van der Waals surface area contributed by atoms with Gasteiger partial charge in [0.25, 0.3) is 0 Å². The Labute approximate surface area is 108 Å². The van der Waals surface area contributed by atoms with Gasteiger partial charge in [0.1, 0.15) is 18.2 Å². The minimum absolute atomic E-state index is 0.0221. The molecule has 0 unspecified atom stereocenters. The maximum Gasteiger partial charge on any atom is 0.167 e. The van der Waals surface area contributed by atoms with E-state index in [2.05, 4.69) is 0 Å². The Balaban J connectivity index is 2.19. The summed E-state index contributed by atoms with van der Waals surface area (Å²) in [6.07, 6.45) is 0. The second kappa shape index (κ2) is 5.22. The molecule has 0 saturated heterocycles. The zero-order valence-corrected chi connectivity index (χ0v) is 10.2. The first-order valence-corrected chi connectivity index (χ1v) is 5.59. The van der Waals surface area contributed by atoms with Crippen LogP contribution in [0.2, 0.25) is 0 Å². The third-order valence-corrected chi connectivity index (χ3v) is 2.71. The van der Waals surface area contributed by atoms with E-state index in [1.54, 1.807) is 6.92 Å². The maximum atomic E-state index is 13.5. The van der Waals surface area contributed by atoms with Crippen molar-refractivity contribution in [2.75, 3.05) is 5.73 Å². The van der Waals surface area contributed by atoms with Crippen LogP contribution in [0.5, 0.6) is 5.75 Å². The molecule has 100 valence electrons. The molecule has 0 atom stereocenters. The lowest BCUT2D eigenvalue weighted by Gasteiger charge is -2.10. The number of benzene rings is 2. The maximum absolute atomic E-state index is 13.5. The number of anilines is 1. The summed E-state index contributed by atoms with van der Waals surface area (Å²) in [6.45, 7) is 1.44. The highest BCUT2D eigenvalue weighted by Gasteiger charge is 2.09. The molecule has 0 aliphatic rings. The van der Waals surface area contributed by atoms with E-state index < -0.39 is 17.5 Å². The topological polar surface area (TPSA) is 35.2 Å². The monoisotopic (exact) mass is 267 g/mol. The second-order valence-corrected chi connectivity index (χ2v) is 4.16. The molecule has 2 rings (SSSR count). The first kappa shape index (κ1) is 13.3. The summed E-state index contributed by atoms with van der Waals surface area (Å²) in [5, 5.41) is 0.